The van der Waals surface area contributed by atoms with Crippen LogP contribution in [-0.2, 0) is 4.79 Å². The highest BCUT2D eigenvalue weighted by Crippen LogP contribution is 2.15. The fourth-order valence-corrected chi connectivity index (χ4v) is 3.26. The van der Waals surface area contributed by atoms with Crippen LogP contribution < -0.4 is 16.0 Å². The molecule has 1 unspecified atom stereocenters. The summed E-state index contributed by atoms with van der Waals surface area (Å²) in [5, 5.41) is 10.4. The standard InChI is InChI=1S/C22H21FN4O3S/c1-13(2)18(26-19(28)14-3-7-16(23)8-4-14)21(30)25-17-9-5-15(6-10-17)20(29)27-22-24-11-12-31-22/h3-13,18H,1-2H3,(H,25,30)(H,26,28)(H,24,27,29). The number of hydrogen-bond acceptors (Lipinski definition) is 5. The number of aromatic nitrogens is 1. The zero-order valence-electron chi connectivity index (χ0n) is 16.9. The predicted octanol–water partition coefficient (Wildman–Crippen LogP) is 3.93. The first-order valence-corrected chi connectivity index (χ1v) is 10.4. The van der Waals surface area contributed by atoms with E-state index >= 15 is 0 Å². The van der Waals surface area contributed by atoms with E-state index in [9.17, 15) is 18.8 Å². The molecule has 2 aromatic carbocycles. The van der Waals surface area contributed by atoms with Gasteiger partial charge in [0, 0.05) is 28.4 Å². The molecule has 1 aromatic heterocycles. The highest BCUT2D eigenvalue weighted by atomic mass is 32.1. The summed E-state index contributed by atoms with van der Waals surface area (Å²) < 4.78 is 13.1. The molecular formula is C22H21FN4O3S. The van der Waals surface area contributed by atoms with E-state index in [1.165, 1.54) is 35.6 Å². The Bertz CT molecular complexity index is 1050. The number of hydrogen-bond donors (Lipinski definition) is 3. The van der Waals surface area contributed by atoms with Crippen LogP contribution in [0, 0.1) is 11.7 Å². The van der Waals surface area contributed by atoms with E-state index in [-0.39, 0.29) is 17.4 Å². The monoisotopic (exact) mass is 440 g/mol. The van der Waals surface area contributed by atoms with Gasteiger partial charge in [-0.2, -0.15) is 0 Å². The molecular weight excluding hydrogens is 419 g/mol. The summed E-state index contributed by atoms with van der Waals surface area (Å²) >= 11 is 1.31. The van der Waals surface area contributed by atoms with Crippen LogP contribution in [0.3, 0.4) is 0 Å². The van der Waals surface area contributed by atoms with E-state index in [0.717, 1.165) is 0 Å². The molecule has 3 N–H and O–H groups in total. The molecule has 9 heteroatoms. The van der Waals surface area contributed by atoms with Gasteiger partial charge in [0.1, 0.15) is 11.9 Å². The van der Waals surface area contributed by atoms with Gasteiger partial charge in [-0.25, -0.2) is 9.37 Å². The van der Waals surface area contributed by atoms with E-state index in [1.54, 1.807) is 49.7 Å². The third-order valence-corrected chi connectivity index (χ3v) is 5.10. The summed E-state index contributed by atoms with van der Waals surface area (Å²) in [6.07, 6.45) is 1.60. The minimum absolute atomic E-state index is 0.187. The maximum Gasteiger partial charge on any atom is 0.257 e. The van der Waals surface area contributed by atoms with Crippen molar-refractivity contribution in [3.8, 4) is 0 Å². The smallest absolute Gasteiger partial charge is 0.257 e. The minimum Gasteiger partial charge on any atom is -0.340 e. The normalized spacial score (nSPS) is 11.6. The first-order valence-electron chi connectivity index (χ1n) is 9.51. The van der Waals surface area contributed by atoms with Crippen LogP contribution in [-0.4, -0.2) is 28.7 Å². The minimum atomic E-state index is -0.801. The fraction of sp³-hybridized carbons (Fsp3) is 0.182. The zero-order valence-corrected chi connectivity index (χ0v) is 17.7. The third-order valence-electron chi connectivity index (χ3n) is 4.41. The van der Waals surface area contributed by atoms with Crippen LogP contribution in [0.1, 0.15) is 34.6 Å². The summed E-state index contributed by atoms with van der Waals surface area (Å²) in [5.74, 6) is -1.81. The Morgan fingerprint density at radius 1 is 0.903 bits per heavy atom. The lowest BCUT2D eigenvalue weighted by Gasteiger charge is -2.22. The molecule has 160 valence electrons. The molecule has 31 heavy (non-hydrogen) atoms. The number of amides is 3. The van der Waals surface area contributed by atoms with Gasteiger partial charge in [0.2, 0.25) is 5.91 Å². The number of anilines is 2. The average molecular weight is 441 g/mol. The van der Waals surface area contributed by atoms with Crippen molar-refractivity contribution in [2.45, 2.75) is 19.9 Å². The maximum atomic E-state index is 13.1. The maximum absolute atomic E-state index is 13.1. The Morgan fingerprint density at radius 2 is 1.52 bits per heavy atom. The summed E-state index contributed by atoms with van der Waals surface area (Å²) in [6.45, 7) is 3.61. The molecule has 1 heterocycles. The summed E-state index contributed by atoms with van der Waals surface area (Å²) in [6, 6.07) is 10.7. The van der Waals surface area contributed by atoms with Gasteiger partial charge >= 0.3 is 0 Å². The first-order chi connectivity index (χ1) is 14.8. The largest absolute Gasteiger partial charge is 0.340 e. The summed E-state index contributed by atoms with van der Waals surface area (Å²) in [7, 11) is 0. The van der Waals surface area contributed by atoms with E-state index < -0.39 is 23.7 Å². The molecule has 0 spiro atoms. The zero-order chi connectivity index (χ0) is 22.4. The Labute approximate surface area is 182 Å². The van der Waals surface area contributed by atoms with Gasteiger partial charge in [0.25, 0.3) is 11.8 Å². The van der Waals surface area contributed by atoms with Gasteiger partial charge in [0.05, 0.1) is 0 Å². The van der Waals surface area contributed by atoms with Crippen LogP contribution in [0.5, 0.6) is 0 Å². The molecule has 1 atom stereocenters. The molecule has 0 radical (unpaired) electrons. The van der Waals surface area contributed by atoms with Gasteiger partial charge in [-0.3, -0.25) is 19.7 Å². The van der Waals surface area contributed by atoms with Crippen molar-refractivity contribution < 1.29 is 18.8 Å². The molecule has 3 aromatic rings. The predicted molar refractivity (Wildman–Crippen MR) is 118 cm³/mol. The van der Waals surface area contributed by atoms with Crippen molar-refractivity contribution in [2.75, 3.05) is 10.6 Å². The van der Waals surface area contributed by atoms with Crippen molar-refractivity contribution in [2.24, 2.45) is 5.92 Å². The third kappa shape index (κ3) is 5.95. The number of benzene rings is 2. The SMILES string of the molecule is CC(C)C(NC(=O)c1ccc(F)cc1)C(=O)Nc1ccc(C(=O)Nc2nccs2)cc1. The van der Waals surface area contributed by atoms with Crippen molar-refractivity contribution in [1.82, 2.24) is 10.3 Å². The molecule has 0 aliphatic carbocycles. The van der Waals surface area contributed by atoms with Gasteiger partial charge in [-0.05, 0) is 54.4 Å². The second kappa shape index (κ2) is 9.94. The Morgan fingerprint density at radius 3 is 2.10 bits per heavy atom. The quantitative estimate of drug-likeness (QED) is 0.518. The molecule has 0 saturated carbocycles. The van der Waals surface area contributed by atoms with Crippen LogP contribution >= 0.6 is 11.3 Å². The number of carbonyl (C=O) groups excluding carboxylic acids is 3. The van der Waals surface area contributed by atoms with Crippen LogP contribution in [0.25, 0.3) is 0 Å². The number of thiazole rings is 1. The van der Waals surface area contributed by atoms with Crippen molar-refractivity contribution >= 4 is 39.9 Å². The number of carbonyl (C=O) groups is 3. The Hall–Kier alpha value is -3.59. The molecule has 0 bridgehead atoms. The van der Waals surface area contributed by atoms with E-state index in [0.29, 0.717) is 16.4 Å². The molecule has 0 aliphatic rings. The highest BCUT2D eigenvalue weighted by molar-refractivity contribution is 7.13. The van der Waals surface area contributed by atoms with Crippen molar-refractivity contribution in [3.63, 3.8) is 0 Å². The lowest BCUT2D eigenvalue weighted by atomic mass is 10.0. The molecule has 3 rings (SSSR count). The van der Waals surface area contributed by atoms with E-state index in [4.69, 9.17) is 0 Å². The number of halogens is 1. The second-order valence-corrected chi connectivity index (χ2v) is 7.95. The second-order valence-electron chi connectivity index (χ2n) is 7.06. The van der Waals surface area contributed by atoms with Crippen molar-refractivity contribution in [3.05, 3.63) is 77.1 Å². The van der Waals surface area contributed by atoms with Crippen molar-refractivity contribution in [1.29, 1.82) is 0 Å². The lowest BCUT2D eigenvalue weighted by molar-refractivity contribution is -0.118. The molecule has 0 saturated heterocycles. The summed E-state index contributed by atoms with van der Waals surface area (Å²) in [5.41, 5.74) is 1.16. The first kappa shape index (κ1) is 22.1. The molecule has 3 amide bonds. The highest BCUT2D eigenvalue weighted by Gasteiger charge is 2.25. The number of nitrogens with one attached hydrogen (secondary N) is 3. The van der Waals surface area contributed by atoms with E-state index in [1.807, 2.05) is 0 Å². The lowest BCUT2D eigenvalue weighted by Crippen LogP contribution is -2.47. The average Bonchev–Trinajstić information content (AvgIpc) is 3.25. The molecule has 0 fully saturated rings. The fourth-order valence-electron chi connectivity index (χ4n) is 2.74. The Kier molecular flexibility index (Phi) is 7.09. The van der Waals surface area contributed by atoms with Crippen LogP contribution in [0.2, 0.25) is 0 Å². The van der Waals surface area contributed by atoms with Gasteiger partial charge in [-0.15, -0.1) is 11.3 Å². The van der Waals surface area contributed by atoms with Gasteiger partial charge < -0.3 is 10.6 Å². The van der Waals surface area contributed by atoms with Crippen LogP contribution in [0.15, 0.2) is 60.1 Å². The summed E-state index contributed by atoms with van der Waals surface area (Å²) in [4.78, 5) is 41.4. The van der Waals surface area contributed by atoms with Gasteiger partial charge in [-0.1, -0.05) is 13.8 Å². The van der Waals surface area contributed by atoms with Crippen LogP contribution in [0.4, 0.5) is 15.2 Å². The van der Waals surface area contributed by atoms with E-state index in [2.05, 4.69) is 20.9 Å². The molecule has 0 aliphatic heterocycles. The molecule has 7 nitrogen and oxygen atoms in total. The topological polar surface area (TPSA) is 100 Å². The number of rotatable bonds is 7. The number of nitrogens with zero attached hydrogens (tertiary/aromatic N) is 1. The Balaban J connectivity index is 1.62. The van der Waals surface area contributed by atoms with Gasteiger partial charge in [0.15, 0.2) is 5.13 Å².